The Bertz CT molecular complexity index is 343. The molecule has 0 radical (unpaired) electrons. The number of guanidine groups is 1. The van der Waals surface area contributed by atoms with Crippen LogP contribution >= 0.6 is 35.7 Å². The molecule has 5 heteroatoms. The van der Waals surface area contributed by atoms with Gasteiger partial charge in [0.25, 0.3) is 0 Å². The molecule has 0 bridgehead atoms. The Hall–Kier alpha value is 0.350. The molecule has 2 aliphatic carbocycles. The summed E-state index contributed by atoms with van der Waals surface area (Å²) < 4.78 is 0. The second-order valence-corrected chi connectivity index (χ2v) is 8.02. The van der Waals surface area contributed by atoms with Crippen LogP contribution in [0.4, 0.5) is 0 Å². The summed E-state index contributed by atoms with van der Waals surface area (Å²) >= 11 is 2.12. The van der Waals surface area contributed by atoms with Crippen LogP contribution in [0.5, 0.6) is 0 Å². The van der Waals surface area contributed by atoms with Crippen LogP contribution in [0.25, 0.3) is 0 Å². The normalized spacial score (nSPS) is 26.7. The highest BCUT2D eigenvalue weighted by molar-refractivity contribution is 14.0. The minimum atomic E-state index is 0. The van der Waals surface area contributed by atoms with Gasteiger partial charge in [0.1, 0.15) is 0 Å². The second-order valence-electron chi connectivity index (χ2n) is 6.61. The standard InChI is InChI=1S/C16H29N3S.HI/c1-3-14-11-19(8-9-20-14)16(17-2)18-10-15(12-4-5-12)13-6-7-13;/h12-15H,3-11H2,1-2H3,(H,17,18);1H. The van der Waals surface area contributed by atoms with Gasteiger partial charge in [-0.05, 0) is 49.9 Å². The van der Waals surface area contributed by atoms with Gasteiger partial charge in [0.05, 0.1) is 0 Å². The van der Waals surface area contributed by atoms with Crippen molar-refractivity contribution in [3.8, 4) is 0 Å². The second kappa shape index (κ2) is 8.27. The maximum atomic E-state index is 4.53. The molecule has 1 heterocycles. The maximum absolute atomic E-state index is 4.53. The van der Waals surface area contributed by atoms with Crippen molar-refractivity contribution in [2.45, 2.75) is 44.3 Å². The number of hydrogen-bond acceptors (Lipinski definition) is 2. The fraction of sp³-hybridized carbons (Fsp3) is 0.938. The van der Waals surface area contributed by atoms with Crippen LogP contribution in [0.1, 0.15) is 39.0 Å². The number of nitrogens with zero attached hydrogens (tertiary/aromatic N) is 2. The predicted molar refractivity (Wildman–Crippen MR) is 104 cm³/mol. The smallest absolute Gasteiger partial charge is 0.193 e. The molecule has 122 valence electrons. The number of nitrogens with one attached hydrogen (secondary N) is 1. The van der Waals surface area contributed by atoms with Crippen molar-refractivity contribution in [2.75, 3.05) is 32.4 Å². The molecule has 0 aromatic carbocycles. The molecule has 3 nitrogen and oxygen atoms in total. The molecule has 1 aliphatic heterocycles. The first-order chi connectivity index (χ1) is 9.81. The zero-order valence-electron chi connectivity index (χ0n) is 13.4. The quantitative estimate of drug-likeness (QED) is 0.417. The Morgan fingerprint density at radius 3 is 2.48 bits per heavy atom. The SMILES string of the molecule is CCC1CN(C(=NC)NCC(C2CC2)C2CC2)CCS1.I. The first-order valence-corrected chi connectivity index (χ1v) is 9.44. The molecule has 1 saturated heterocycles. The number of halogens is 1. The summed E-state index contributed by atoms with van der Waals surface area (Å²) in [6.07, 6.45) is 7.16. The molecule has 0 aromatic rings. The monoisotopic (exact) mass is 423 g/mol. The number of hydrogen-bond donors (Lipinski definition) is 1. The lowest BCUT2D eigenvalue weighted by Crippen LogP contribution is -2.49. The first kappa shape index (κ1) is 17.7. The van der Waals surface area contributed by atoms with Gasteiger partial charge in [0.15, 0.2) is 5.96 Å². The molecule has 21 heavy (non-hydrogen) atoms. The molecule has 3 fully saturated rings. The Morgan fingerprint density at radius 1 is 1.29 bits per heavy atom. The third-order valence-corrected chi connectivity index (χ3v) is 6.43. The van der Waals surface area contributed by atoms with E-state index in [0.717, 1.165) is 42.1 Å². The van der Waals surface area contributed by atoms with Crippen molar-refractivity contribution < 1.29 is 0 Å². The summed E-state index contributed by atoms with van der Waals surface area (Å²) in [5, 5.41) is 4.48. The van der Waals surface area contributed by atoms with Gasteiger partial charge in [-0.2, -0.15) is 11.8 Å². The van der Waals surface area contributed by atoms with Crippen LogP contribution in [0.2, 0.25) is 0 Å². The summed E-state index contributed by atoms with van der Waals surface area (Å²) in [5.41, 5.74) is 0. The van der Waals surface area contributed by atoms with Gasteiger partial charge in [-0.1, -0.05) is 6.92 Å². The third kappa shape index (κ3) is 4.91. The number of rotatable bonds is 5. The van der Waals surface area contributed by atoms with Crippen molar-refractivity contribution in [1.29, 1.82) is 0 Å². The van der Waals surface area contributed by atoms with Crippen LogP contribution in [-0.2, 0) is 0 Å². The largest absolute Gasteiger partial charge is 0.356 e. The Labute approximate surface area is 151 Å². The number of thioether (sulfide) groups is 1. The topological polar surface area (TPSA) is 27.6 Å². The van der Waals surface area contributed by atoms with Crippen LogP contribution < -0.4 is 5.32 Å². The van der Waals surface area contributed by atoms with E-state index in [9.17, 15) is 0 Å². The molecule has 0 aromatic heterocycles. The summed E-state index contributed by atoms with van der Waals surface area (Å²) in [7, 11) is 1.94. The minimum Gasteiger partial charge on any atom is -0.356 e. The molecule has 1 atom stereocenters. The van der Waals surface area contributed by atoms with E-state index in [0.29, 0.717) is 0 Å². The van der Waals surface area contributed by atoms with Crippen LogP contribution in [-0.4, -0.2) is 48.5 Å². The molecule has 3 aliphatic rings. The van der Waals surface area contributed by atoms with E-state index in [-0.39, 0.29) is 24.0 Å². The lowest BCUT2D eigenvalue weighted by Gasteiger charge is -2.35. The number of aliphatic imine (C=N–C) groups is 1. The fourth-order valence-electron chi connectivity index (χ4n) is 3.47. The third-order valence-electron chi connectivity index (χ3n) is 5.06. The van der Waals surface area contributed by atoms with Gasteiger partial charge >= 0.3 is 0 Å². The van der Waals surface area contributed by atoms with Gasteiger partial charge in [-0.25, -0.2) is 0 Å². The lowest BCUT2D eigenvalue weighted by atomic mass is 9.98. The summed E-state index contributed by atoms with van der Waals surface area (Å²) in [4.78, 5) is 7.01. The molecule has 3 rings (SSSR count). The molecule has 1 unspecified atom stereocenters. The van der Waals surface area contributed by atoms with Crippen LogP contribution in [0.3, 0.4) is 0 Å². The van der Waals surface area contributed by atoms with E-state index in [1.54, 1.807) is 0 Å². The zero-order valence-corrected chi connectivity index (χ0v) is 16.5. The molecular weight excluding hydrogens is 393 g/mol. The molecule has 0 spiro atoms. The lowest BCUT2D eigenvalue weighted by molar-refractivity contribution is 0.372. The van der Waals surface area contributed by atoms with Crippen molar-refractivity contribution >= 4 is 41.7 Å². The van der Waals surface area contributed by atoms with E-state index >= 15 is 0 Å². The van der Waals surface area contributed by atoms with Gasteiger partial charge in [0.2, 0.25) is 0 Å². The molecule has 2 saturated carbocycles. The van der Waals surface area contributed by atoms with Gasteiger partial charge in [0, 0.05) is 37.7 Å². The van der Waals surface area contributed by atoms with Crippen molar-refractivity contribution in [3.05, 3.63) is 0 Å². The zero-order chi connectivity index (χ0) is 13.9. The fourth-order valence-corrected chi connectivity index (χ4v) is 4.65. The van der Waals surface area contributed by atoms with Gasteiger partial charge in [-0.3, -0.25) is 4.99 Å². The van der Waals surface area contributed by atoms with E-state index in [1.165, 1.54) is 44.4 Å². The predicted octanol–water partition coefficient (Wildman–Crippen LogP) is 3.44. The Kier molecular flexibility index (Phi) is 6.97. The minimum absolute atomic E-state index is 0. The first-order valence-electron chi connectivity index (χ1n) is 8.39. The van der Waals surface area contributed by atoms with E-state index < -0.39 is 0 Å². The summed E-state index contributed by atoms with van der Waals surface area (Å²) in [5.74, 6) is 5.36. The highest BCUT2D eigenvalue weighted by Crippen LogP contribution is 2.48. The molecular formula is C16H30IN3S. The average molecular weight is 423 g/mol. The van der Waals surface area contributed by atoms with Crippen molar-refractivity contribution in [2.24, 2.45) is 22.7 Å². The maximum Gasteiger partial charge on any atom is 0.193 e. The highest BCUT2D eigenvalue weighted by atomic mass is 127. The van der Waals surface area contributed by atoms with E-state index in [2.05, 4.69) is 33.9 Å². The van der Waals surface area contributed by atoms with E-state index in [1.807, 2.05) is 7.05 Å². The summed E-state index contributed by atoms with van der Waals surface area (Å²) in [6.45, 7) is 5.77. The highest BCUT2D eigenvalue weighted by Gasteiger charge is 2.41. The molecule has 0 amide bonds. The van der Waals surface area contributed by atoms with Crippen LogP contribution in [0.15, 0.2) is 4.99 Å². The van der Waals surface area contributed by atoms with Crippen LogP contribution in [0, 0.1) is 17.8 Å². The Morgan fingerprint density at radius 2 is 1.95 bits per heavy atom. The van der Waals surface area contributed by atoms with Crippen molar-refractivity contribution in [1.82, 2.24) is 10.2 Å². The van der Waals surface area contributed by atoms with Gasteiger partial charge < -0.3 is 10.2 Å². The summed E-state index contributed by atoms with van der Waals surface area (Å²) in [6, 6.07) is 0. The van der Waals surface area contributed by atoms with E-state index in [4.69, 9.17) is 0 Å². The average Bonchev–Trinajstić information content (AvgIpc) is 3.37. The van der Waals surface area contributed by atoms with Gasteiger partial charge in [-0.15, -0.1) is 24.0 Å². The molecule has 1 N–H and O–H groups in total. The Balaban J connectivity index is 0.00000161. The van der Waals surface area contributed by atoms with Crippen molar-refractivity contribution in [3.63, 3.8) is 0 Å².